The molecule has 0 amide bonds. The lowest BCUT2D eigenvalue weighted by molar-refractivity contribution is -0.141. The van der Waals surface area contributed by atoms with Gasteiger partial charge in [0.25, 0.3) is 0 Å². The Morgan fingerprint density at radius 3 is 2.35 bits per heavy atom. The summed E-state index contributed by atoms with van der Waals surface area (Å²) in [5, 5.41) is 9.59. The smallest absolute Gasteiger partial charge is 0.365 e. The maximum atomic E-state index is 12.2. The van der Waals surface area contributed by atoms with E-state index in [-0.39, 0.29) is 6.04 Å². The second-order valence-electron chi connectivity index (χ2n) is 4.11. The van der Waals surface area contributed by atoms with Crippen molar-refractivity contribution >= 4 is 5.82 Å². The van der Waals surface area contributed by atoms with Gasteiger partial charge >= 0.3 is 6.18 Å². The zero-order chi connectivity index (χ0) is 13.1. The number of alkyl halides is 3. The predicted octanol–water partition coefficient (Wildman–Crippen LogP) is 1.86. The van der Waals surface area contributed by atoms with Crippen molar-refractivity contribution in [3.05, 3.63) is 17.8 Å². The molecule has 1 aromatic rings. The van der Waals surface area contributed by atoms with Crippen LogP contribution in [0.5, 0.6) is 0 Å². The van der Waals surface area contributed by atoms with E-state index in [2.05, 4.69) is 15.5 Å². The van der Waals surface area contributed by atoms with E-state index < -0.39 is 11.9 Å². The first-order valence-electron chi connectivity index (χ1n) is 5.11. The molecule has 0 saturated carbocycles. The molecule has 1 N–H and O–H groups in total. The maximum Gasteiger partial charge on any atom is 0.435 e. The Labute approximate surface area is 97.8 Å². The van der Waals surface area contributed by atoms with Crippen molar-refractivity contribution < 1.29 is 13.2 Å². The highest BCUT2D eigenvalue weighted by Gasteiger charge is 2.32. The summed E-state index contributed by atoms with van der Waals surface area (Å²) in [6.45, 7) is 2.67. The largest absolute Gasteiger partial charge is 0.435 e. The number of nitrogens with one attached hydrogen (secondary N) is 1. The molecule has 1 unspecified atom stereocenters. The number of nitrogens with zero attached hydrogens (tertiary/aromatic N) is 3. The molecule has 1 atom stereocenters. The number of aromatic nitrogens is 2. The van der Waals surface area contributed by atoms with Gasteiger partial charge in [0.15, 0.2) is 5.69 Å². The highest BCUT2D eigenvalue weighted by atomic mass is 19.4. The predicted molar refractivity (Wildman–Crippen MR) is 58.7 cm³/mol. The van der Waals surface area contributed by atoms with Gasteiger partial charge in [-0.2, -0.15) is 13.2 Å². The minimum Gasteiger partial charge on any atom is -0.365 e. The SMILES string of the molecule is CC(CN(C)C)Nc1ccc(C(F)(F)F)nn1. The number of hydrogen-bond acceptors (Lipinski definition) is 4. The maximum absolute atomic E-state index is 12.2. The molecule has 0 radical (unpaired) electrons. The number of anilines is 1. The van der Waals surface area contributed by atoms with Crippen LogP contribution in [0.3, 0.4) is 0 Å². The Morgan fingerprint density at radius 2 is 1.94 bits per heavy atom. The van der Waals surface area contributed by atoms with Crippen LogP contribution in [0.25, 0.3) is 0 Å². The average molecular weight is 248 g/mol. The summed E-state index contributed by atoms with van der Waals surface area (Å²) in [6.07, 6.45) is -4.44. The highest BCUT2D eigenvalue weighted by Crippen LogP contribution is 2.27. The number of likely N-dealkylation sites (N-methyl/N-ethyl adjacent to an activating group) is 1. The Kier molecular flexibility index (Phi) is 4.28. The van der Waals surface area contributed by atoms with Crippen molar-refractivity contribution in [2.75, 3.05) is 26.0 Å². The standard InChI is InChI=1S/C10H15F3N4/c1-7(6-17(2)3)14-9-5-4-8(15-16-9)10(11,12)13/h4-5,7H,6H2,1-3H3,(H,14,16). The van der Waals surface area contributed by atoms with Gasteiger partial charge in [-0.1, -0.05) is 0 Å². The van der Waals surface area contributed by atoms with Crippen molar-refractivity contribution in [2.24, 2.45) is 0 Å². The van der Waals surface area contributed by atoms with E-state index in [1.165, 1.54) is 6.07 Å². The first kappa shape index (κ1) is 13.7. The van der Waals surface area contributed by atoms with Gasteiger partial charge in [-0.3, -0.25) is 0 Å². The van der Waals surface area contributed by atoms with Crippen LogP contribution in [0.15, 0.2) is 12.1 Å². The van der Waals surface area contributed by atoms with Crippen LogP contribution < -0.4 is 5.32 Å². The number of hydrogen-bond donors (Lipinski definition) is 1. The molecule has 0 aliphatic heterocycles. The molecule has 7 heteroatoms. The van der Waals surface area contributed by atoms with Crippen molar-refractivity contribution in [1.82, 2.24) is 15.1 Å². The van der Waals surface area contributed by atoms with E-state index >= 15 is 0 Å². The molecule has 0 bridgehead atoms. The molecular weight excluding hydrogens is 233 g/mol. The Hall–Kier alpha value is -1.37. The van der Waals surface area contributed by atoms with E-state index in [1.807, 2.05) is 25.9 Å². The fourth-order valence-corrected chi connectivity index (χ4v) is 1.41. The number of rotatable bonds is 4. The van der Waals surface area contributed by atoms with Crippen LogP contribution in [0.4, 0.5) is 19.0 Å². The summed E-state index contributed by atoms with van der Waals surface area (Å²) >= 11 is 0. The quantitative estimate of drug-likeness (QED) is 0.883. The minimum absolute atomic E-state index is 0.0797. The molecule has 17 heavy (non-hydrogen) atoms. The molecule has 0 aromatic carbocycles. The molecule has 0 fully saturated rings. The van der Waals surface area contributed by atoms with Gasteiger partial charge in [0.2, 0.25) is 0 Å². The summed E-state index contributed by atoms with van der Waals surface area (Å²) in [6, 6.07) is 2.27. The third kappa shape index (κ3) is 4.56. The first-order valence-corrected chi connectivity index (χ1v) is 5.11. The number of halogens is 3. The summed E-state index contributed by atoms with van der Waals surface area (Å²) in [4.78, 5) is 1.97. The van der Waals surface area contributed by atoms with Gasteiger partial charge in [0, 0.05) is 12.6 Å². The first-order chi connectivity index (χ1) is 7.79. The van der Waals surface area contributed by atoms with Gasteiger partial charge in [-0.15, -0.1) is 10.2 Å². The van der Waals surface area contributed by atoms with Gasteiger partial charge in [-0.25, -0.2) is 0 Å². The zero-order valence-corrected chi connectivity index (χ0v) is 9.91. The van der Waals surface area contributed by atoms with Crippen molar-refractivity contribution in [3.8, 4) is 0 Å². The summed E-state index contributed by atoms with van der Waals surface area (Å²) in [5.74, 6) is 0.340. The van der Waals surface area contributed by atoms with Gasteiger partial charge < -0.3 is 10.2 Å². The molecule has 1 aromatic heterocycles. The molecule has 4 nitrogen and oxygen atoms in total. The fourth-order valence-electron chi connectivity index (χ4n) is 1.41. The van der Waals surface area contributed by atoms with Gasteiger partial charge in [0.05, 0.1) is 0 Å². The van der Waals surface area contributed by atoms with E-state index in [1.54, 1.807) is 0 Å². The van der Waals surface area contributed by atoms with Crippen LogP contribution in [0, 0.1) is 0 Å². The topological polar surface area (TPSA) is 41.0 Å². The lowest BCUT2D eigenvalue weighted by Crippen LogP contribution is -2.30. The van der Waals surface area contributed by atoms with Crippen LogP contribution in [0.2, 0.25) is 0 Å². The molecule has 0 spiro atoms. The highest BCUT2D eigenvalue weighted by molar-refractivity contribution is 5.34. The van der Waals surface area contributed by atoms with Gasteiger partial charge in [0.1, 0.15) is 5.82 Å². The molecule has 0 aliphatic rings. The second-order valence-corrected chi connectivity index (χ2v) is 4.11. The minimum atomic E-state index is -4.44. The summed E-state index contributed by atoms with van der Waals surface area (Å²) in [5.41, 5.74) is -0.983. The molecule has 0 aliphatic carbocycles. The van der Waals surface area contributed by atoms with Crippen molar-refractivity contribution in [1.29, 1.82) is 0 Å². The molecule has 96 valence electrons. The Morgan fingerprint density at radius 1 is 1.29 bits per heavy atom. The third-order valence-electron chi connectivity index (χ3n) is 1.99. The van der Waals surface area contributed by atoms with E-state index in [0.29, 0.717) is 5.82 Å². The van der Waals surface area contributed by atoms with Crippen LogP contribution in [-0.4, -0.2) is 41.8 Å². The Bertz CT molecular complexity index is 348. The Balaban J connectivity index is 2.63. The zero-order valence-electron chi connectivity index (χ0n) is 9.91. The van der Waals surface area contributed by atoms with Crippen LogP contribution >= 0.6 is 0 Å². The molecule has 0 saturated heterocycles. The van der Waals surface area contributed by atoms with E-state index in [9.17, 15) is 13.2 Å². The fraction of sp³-hybridized carbons (Fsp3) is 0.600. The van der Waals surface area contributed by atoms with E-state index in [0.717, 1.165) is 12.6 Å². The van der Waals surface area contributed by atoms with Crippen molar-refractivity contribution in [3.63, 3.8) is 0 Å². The lowest BCUT2D eigenvalue weighted by atomic mass is 10.3. The summed E-state index contributed by atoms with van der Waals surface area (Å²) < 4.78 is 36.7. The molecular formula is C10H15F3N4. The average Bonchev–Trinajstić information content (AvgIpc) is 2.15. The third-order valence-corrected chi connectivity index (χ3v) is 1.99. The molecule has 1 rings (SSSR count). The summed E-state index contributed by atoms with van der Waals surface area (Å²) in [7, 11) is 3.83. The second kappa shape index (κ2) is 5.31. The van der Waals surface area contributed by atoms with Crippen molar-refractivity contribution in [2.45, 2.75) is 19.1 Å². The lowest BCUT2D eigenvalue weighted by Gasteiger charge is -2.18. The van der Waals surface area contributed by atoms with Crippen LogP contribution in [0.1, 0.15) is 12.6 Å². The van der Waals surface area contributed by atoms with Crippen LogP contribution in [-0.2, 0) is 6.18 Å². The van der Waals surface area contributed by atoms with Gasteiger partial charge in [-0.05, 0) is 33.2 Å². The van der Waals surface area contributed by atoms with E-state index in [4.69, 9.17) is 0 Å². The molecule has 1 heterocycles. The monoisotopic (exact) mass is 248 g/mol. The normalized spacial score (nSPS) is 13.8.